The number of rotatable bonds is 5. The summed E-state index contributed by atoms with van der Waals surface area (Å²) in [6.07, 6.45) is 4.12. The summed E-state index contributed by atoms with van der Waals surface area (Å²) >= 11 is 0. The number of amides is 1. The first kappa shape index (κ1) is 13.1. The average Bonchev–Trinajstić information content (AvgIpc) is 2.82. The average molecular weight is 252 g/mol. The van der Waals surface area contributed by atoms with Crippen molar-refractivity contribution in [2.24, 2.45) is 5.92 Å². The van der Waals surface area contributed by atoms with Crippen molar-refractivity contribution in [2.45, 2.75) is 37.8 Å². The molecule has 1 aliphatic heterocycles. The summed E-state index contributed by atoms with van der Waals surface area (Å²) in [5.41, 5.74) is -0.862. The van der Waals surface area contributed by atoms with Crippen molar-refractivity contribution in [3.05, 3.63) is 12.7 Å². The fourth-order valence-corrected chi connectivity index (χ4v) is 2.48. The molecule has 0 aromatic carbocycles. The van der Waals surface area contributed by atoms with Gasteiger partial charge in [-0.2, -0.15) is 0 Å². The Morgan fingerprint density at radius 1 is 1.61 bits per heavy atom. The van der Waals surface area contributed by atoms with Gasteiger partial charge in [0.2, 0.25) is 5.91 Å². The largest absolute Gasteiger partial charge is 0.464 e. The molecule has 1 saturated heterocycles. The predicted octanol–water partition coefficient (Wildman–Crippen LogP) is 0.362. The first-order chi connectivity index (χ1) is 8.64. The van der Waals surface area contributed by atoms with E-state index in [4.69, 9.17) is 4.74 Å². The molecule has 1 aliphatic carbocycles. The molecule has 1 amide bonds. The Morgan fingerprint density at radius 2 is 2.39 bits per heavy atom. The first-order valence-corrected chi connectivity index (χ1v) is 6.49. The topological polar surface area (TPSA) is 67.4 Å². The summed E-state index contributed by atoms with van der Waals surface area (Å²) in [7, 11) is 0. The van der Waals surface area contributed by atoms with Gasteiger partial charge < -0.3 is 15.4 Å². The normalized spacial score (nSPS) is 33.8. The van der Waals surface area contributed by atoms with E-state index in [1.54, 1.807) is 13.0 Å². The van der Waals surface area contributed by atoms with E-state index in [-0.39, 0.29) is 23.8 Å². The molecule has 3 atom stereocenters. The molecule has 0 aromatic rings. The van der Waals surface area contributed by atoms with E-state index in [0.717, 1.165) is 19.4 Å². The maximum Gasteiger partial charge on any atom is 0.332 e. The second-order valence-electron chi connectivity index (χ2n) is 4.88. The minimum Gasteiger partial charge on any atom is -0.464 e. The van der Waals surface area contributed by atoms with Crippen LogP contribution in [0.15, 0.2) is 12.7 Å². The van der Waals surface area contributed by atoms with Gasteiger partial charge in [-0.3, -0.25) is 4.79 Å². The Hall–Kier alpha value is -1.36. The first-order valence-electron chi connectivity index (χ1n) is 6.49. The molecule has 2 fully saturated rings. The molecule has 2 rings (SSSR count). The molecular weight excluding hydrogens is 232 g/mol. The molecule has 1 saturated carbocycles. The van der Waals surface area contributed by atoms with Gasteiger partial charge in [0.15, 0.2) is 0 Å². The SMILES string of the molecule is C=CC1CC1(NC(=O)[C@@H]1CCCN1)C(=O)OCC. The van der Waals surface area contributed by atoms with Crippen LogP contribution in [0.3, 0.4) is 0 Å². The number of carbonyl (C=O) groups excluding carboxylic acids is 2. The molecule has 2 N–H and O–H groups in total. The molecule has 18 heavy (non-hydrogen) atoms. The van der Waals surface area contributed by atoms with Crippen molar-refractivity contribution in [2.75, 3.05) is 13.2 Å². The fourth-order valence-electron chi connectivity index (χ4n) is 2.48. The van der Waals surface area contributed by atoms with E-state index < -0.39 is 5.54 Å². The highest BCUT2D eigenvalue weighted by Gasteiger charge is 2.61. The number of ether oxygens (including phenoxy) is 1. The highest BCUT2D eigenvalue weighted by molar-refractivity contribution is 5.93. The molecule has 100 valence electrons. The summed E-state index contributed by atoms with van der Waals surface area (Å²) in [5.74, 6) is -0.465. The molecular formula is C13H20N2O3. The summed E-state index contributed by atoms with van der Waals surface area (Å²) < 4.78 is 5.04. The van der Waals surface area contributed by atoms with Gasteiger partial charge in [-0.25, -0.2) is 4.79 Å². The van der Waals surface area contributed by atoms with Crippen molar-refractivity contribution >= 4 is 11.9 Å². The summed E-state index contributed by atoms with van der Waals surface area (Å²) in [6.45, 7) is 6.63. The predicted molar refractivity (Wildman–Crippen MR) is 66.8 cm³/mol. The molecule has 0 aromatic heterocycles. The van der Waals surface area contributed by atoms with Crippen LogP contribution in [0.4, 0.5) is 0 Å². The van der Waals surface area contributed by atoms with Crippen LogP contribution in [0.5, 0.6) is 0 Å². The summed E-state index contributed by atoms with van der Waals surface area (Å²) in [4.78, 5) is 24.0. The molecule has 5 nitrogen and oxygen atoms in total. The standard InChI is InChI=1S/C13H20N2O3/c1-3-9-8-13(9,12(17)18-4-2)15-11(16)10-6-5-7-14-10/h3,9-10,14H,1,4-8H2,2H3,(H,15,16)/t9?,10-,13?/m0/s1. The lowest BCUT2D eigenvalue weighted by Crippen LogP contribution is -2.51. The monoisotopic (exact) mass is 252 g/mol. The van der Waals surface area contributed by atoms with E-state index in [1.165, 1.54) is 0 Å². The van der Waals surface area contributed by atoms with Crippen molar-refractivity contribution in [1.82, 2.24) is 10.6 Å². The van der Waals surface area contributed by atoms with Crippen LogP contribution in [-0.4, -0.2) is 36.6 Å². The maximum atomic E-state index is 12.1. The molecule has 5 heteroatoms. The Bertz CT molecular complexity index is 363. The lowest BCUT2D eigenvalue weighted by molar-refractivity contribution is -0.149. The summed E-state index contributed by atoms with van der Waals surface area (Å²) in [5, 5.41) is 5.97. The third-order valence-corrected chi connectivity index (χ3v) is 3.66. The zero-order valence-corrected chi connectivity index (χ0v) is 10.7. The zero-order chi connectivity index (χ0) is 13.2. The van der Waals surface area contributed by atoms with E-state index in [1.807, 2.05) is 0 Å². The molecule has 2 aliphatic rings. The molecule has 0 bridgehead atoms. The van der Waals surface area contributed by atoms with Crippen molar-refractivity contribution in [1.29, 1.82) is 0 Å². The summed E-state index contributed by atoms with van der Waals surface area (Å²) in [6, 6.07) is -0.178. The maximum absolute atomic E-state index is 12.1. The van der Waals surface area contributed by atoms with Gasteiger partial charge in [0.1, 0.15) is 5.54 Å². The Balaban J connectivity index is 2.00. The highest BCUT2D eigenvalue weighted by atomic mass is 16.5. The van der Waals surface area contributed by atoms with Gasteiger partial charge in [-0.15, -0.1) is 6.58 Å². The second-order valence-corrected chi connectivity index (χ2v) is 4.88. The van der Waals surface area contributed by atoms with Crippen molar-refractivity contribution in [3.63, 3.8) is 0 Å². The molecule has 0 radical (unpaired) electrons. The number of carbonyl (C=O) groups is 2. The smallest absolute Gasteiger partial charge is 0.332 e. The van der Waals surface area contributed by atoms with Crippen molar-refractivity contribution < 1.29 is 14.3 Å². The molecule has 1 heterocycles. The fraction of sp³-hybridized carbons (Fsp3) is 0.692. The number of nitrogens with one attached hydrogen (secondary N) is 2. The minimum atomic E-state index is -0.862. The second kappa shape index (κ2) is 5.10. The van der Waals surface area contributed by atoms with Crippen LogP contribution in [0.1, 0.15) is 26.2 Å². The van der Waals surface area contributed by atoms with Gasteiger partial charge >= 0.3 is 5.97 Å². The third kappa shape index (κ3) is 2.27. The molecule has 0 spiro atoms. The van der Waals surface area contributed by atoms with Crippen LogP contribution in [0.2, 0.25) is 0 Å². The van der Waals surface area contributed by atoms with Crippen LogP contribution < -0.4 is 10.6 Å². The van der Waals surface area contributed by atoms with Crippen LogP contribution in [-0.2, 0) is 14.3 Å². The van der Waals surface area contributed by atoms with Gasteiger partial charge in [0.25, 0.3) is 0 Å². The highest BCUT2D eigenvalue weighted by Crippen LogP contribution is 2.45. The number of hydrogen-bond donors (Lipinski definition) is 2. The zero-order valence-electron chi connectivity index (χ0n) is 10.7. The van der Waals surface area contributed by atoms with Crippen LogP contribution in [0.25, 0.3) is 0 Å². The minimum absolute atomic E-state index is 0.0121. The van der Waals surface area contributed by atoms with E-state index in [9.17, 15) is 9.59 Å². The van der Waals surface area contributed by atoms with E-state index in [2.05, 4.69) is 17.2 Å². The third-order valence-electron chi connectivity index (χ3n) is 3.66. The Morgan fingerprint density at radius 3 is 2.89 bits per heavy atom. The number of hydrogen-bond acceptors (Lipinski definition) is 4. The Kier molecular flexibility index (Phi) is 3.71. The van der Waals surface area contributed by atoms with Gasteiger partial charge in [-0.1, -0.05) is 6.08 Å². The van der Waals surface area contributed by atoms with Crippen LogP contribution in [0, 0.1) is 5.92 Å². The van der Waals surface area contributed by atoms with E-state index in [0.29, 0.717) is 13.0 Å². The van der Waals surface area contributed by atoms with Gasteiger partial charge in [0, 0.05) is 5.92 Å². The lowest BCUT2D eigenvalue weighted by Gasteiger charge is -2.19. The van der Waals surface area contributed by atoms with Crippen LogP contribution >= 0.6 is 0 Å². The number of esters is 1. The van der Waals surface area contributed by atoms with E-state index >= 15 is 0 Å². The Labute approximate surface area is 107 Å². The van der Waals surface area contributed by atoms with Crippen molar-refractivity contribution in [3.8, 4) is 0 Å². The molecule has 2 unspecified atom stereocenters. The van der Waals surface area contributed by atoms with Gasteiger partial charge in [-0.05, 0) is 32.7 Å². The van der Waals surface area contributed by atoms with Gasteiger partial charge in [0.05, 0.1) is 12.6 Å². The lowest BCUT2D eigenvalue weighted by atomic mass is 10.1. The quantitative estimate of drug-likeness (QED) is 0.548.